The van der Waals surface area contributed by atoms with Crippen molar-refractivity contribution < 1.29 is 18.8 Å². The van der Waals surface area contributed by atoms with E-state index in [4.69, 9.17) is 9.26 Å². The smallest absolute Gasteiger partial charge is 0.259 e. The maximum Gasteiger partial charge on any atom is 0.259 e. The lowest BCUT2D eigenvalue weighted by Gasteiger charge is -2.12. The number of aromatic nitrogens is 2. The van der Waals surface area contributed by atoms with Gasteiger partial charge in [-0.25, -0.2) is 0 Å². The minimum atomic E-state index is -0.221. The number of likely N-dealkylation sites (N-methyl/N-ethyl adjacent to an activating group) is 1. The first-order valence-electron chi connectivity index (χ1n) is 9.13. The van der Waals surface area contributed by atoms with Crippen LogP contribution in [0.4, 0.5) is 5.69 Å². The van der Waals surface area contributed by atoms with Gasteiger partial charge in [0.25, 0.3) is 11.8 Å². The van der Waals surface area contributed by atoms with Gasteiger partial charge in [-0.2, -0.15) is 0 Å². The highest BCUT2D eigenvalue weighted by Crippen LogP contribution is 2.22. The number of amides is 2. The molecule has 0 aliphatic heterocycles. The molecule has 1 N–H and O–H groups in total. The molecule has 0 fully saturated rings. The number of aryl methyl sites for hydroxylation is 2. The third kappa shape index (κ3) is 4.48. The second kappa shape index (κ2) is 8.22. The molecule has 8 heteroatoms. The number of hydrogen-bond donors (Lipinski definition) is 1. The zero-order valence-electron chi connectivity index (χ0n) is 17.1. The van der Waals surface area contributed by atoms with Crippen molar-refractivity contribution in [3.8, 4) is 11.6 Å². The molecular formula is C21H24N4O4. The highest BCUT2D eigenvalue weighted by molar-refractivity contribution is 6.05. The van der Waals surface area contributed by atoms with Gasteiger partial charge in [0, 0.05) is 37.2 Å². The molecule has 2 heterocycles. The van der Waals surface area contributed by atoms with Crippen molar-refractivity contribution in [3.05, 3.63) is 59.1 Å². The SMILES string of the molecule is Cc1cc(-n2c(C)cc(C(=O)Nc3ccc(OCC(=O)N(C)C)cc3)c2C)no1. The predicted octanol–water partition coefficient (Wildman–Crippen LogP) is 3.11. The molecule has 0 saturated heterocycles. The average molecular weight is 396 g/mol. The Morgan fingerprint density at radius 3 is 2.41 bits per heavy atom. The molecule has 0 aliphatic carbocycles. The second-order valence-corrected chi connectivity index (χ2v) is 6.97. The minimum Gasteiger partial charge on any atom is -0.484 e. The van der Waals surface area contributed by atoms with Gasteiger partial charge < -0.3 is 19.5 Å². The molecule has 29 heavy (non-hydrogen) atoms. The molecule has 0 atom stereocenters. The van der Waals surface area contributed by atoms with Crippen molar-refractivity contribution in [1.29, 1.82) is 0 Å². The Bertz CT molecular complexity index is 1030. The van der Waals surface area contributed by atoms with Gasteiger partial charge in [-0.3, -0.25) is 14.2 Å². The number of nitrogens with zero attached hydrogens (tertiary/aromatic N) is 3. The lowest BCUT2D eigenvalue weighted by molar-refractivity contribution is -0.130. The summed E-state index contributed by atoms with van der Waals surface area (Å²) in [6.45, 7) is 5.56. The summed E-state index contributed by atoms with van der Waals surface area (Å²) >= 11 is 0. The Labute approximate surface area is 169 Å². The summed E-state index contributed by atoms with van der Waals surface area (Å²) in [6.07, 6.45) is 0. The van der Waals surface area contributed by atoms with Crippen LogP contribution in [0.2, 0.25) is 0 Å². The van der Waals surface area contributed by atoms with Crippen molar-refractivity contribution in [2.75, 3.05) is 26.0 Å². The summed E-state index contributed by atoms with van der Waals surface area (Å²) in [6, 6.07) is 10.5. The summed E-state index contributed by atoms with van der Waals surface area (Å²) in [7, 11) is 3.34. The maximum absolute atomic E-state index is 12.8. The number of rotatable bonds is 6. The van der Waals surface area contributed by atoms with E-state index in [0.717, 1.165) is 11.4 Å². The first-order valence-corrected chi connectivity index (χ1v) is 9.13. The number of carbonyl (C=O) groups excluding carboxylic acids is 2. The van der Waals surface area contributed by atoms with Crippen LogP contribution in [-0.4, -0.2) is 47.1 Å². The predicted molar refractivity (Wildman–Crippen MR) is 109 cm³/mol. The molecule has 2 aromatic heterocycles. The largest absolute Gasteiger partial charge is 0.484 e. The van der Waals surface area contributed by atoms with Gasteiger partial charge in [-0.05, 0) is 51.1 Å². The van der Waals surface area contributed by atoms with E-state index in [2.05, 4.69) is 10.5 Å². The van der Waals surface area contributed by atoms with Crippen LogP contribution < -0.4 is 10.1 Å². The van der Waals surface area contributed by atoms with Crippen LogP contribution in [0.1, 0.15) is 27.5 Å². The molecule has 0 radical (unpaired) electrons. The molecular weight excluding hydrogens is 372 g/mol. The summed E-state index contributed by atoms with van der Waals surface area (Å²) < 4.78 is 12.5. The molecule has 3 rings (SSSR count). The Morgan fingerprint density at radius 2 is 1.83 bits per heavy atom. The fourth-order valence-electron chi connectivity index (χ4n) is 2.91. The normalized spacial score (nSPS) is 10.7. The molecule has 8 nitrogen and oxygen atoms in total. The first-order chi connectivity index (χ1) is 13.8. The third-order valence-corrected chi connectivity index (χ3v) is 4.49. The van der Waals surface area contributed by atoms with Crippen molar-refractivity contribution in [2.45, 2.75) is 20.8 Å². The van der Waals surface area contributed by atoms with Crippen molar-refractivity contribution in [2.24, 2.45) is 0 Å². The number of benzene rings is 1. The van der Waals surface area contributed by atoms with E-state index in [0.29, 0.717) is 28.6 Å². The second-order valence-electron chi connectivity index (χ2n) is 6.97. The minimum absolute atomic E-state index is 0.0355. The van der Waals surface area contributed by atoms with Gasteiger partial charge in [0.1, 0.15) is 11.5 Å². The Kier molecular flexibility index (Phi) is 5.72. The monoisotopic (exact) mass is 396 g/mol. The quantitative estimate of drug-likeness (QED) is 0.691. The summed E-state index contributed by atoms with van der Waals surface area (Å²) in [5.41, 5.74) is 2.84. The molecule has 0 spiro atoms. The average Bonchev–Trinajstić information content (AvgIpc) is 3.23. The topological polar surface area (TPSA) is 89.6 Å². The fourth-order valence-corrected chi connectivity index (χ4v) is 2.91. The van der Waals surface area contributed by atoms with Crippen LogP contribution in [-0.2, 0) is 4.79 Å². The van der Waals surface area contributed by atoms with Gasteiger partial charge in [0.2, 0.25) is 0 Å². The summed E-state index contributed by atoms with van der Waals surface area (Å²) in [5.74, 6) is 1.55. The zero-order chi connectivity index (χ0) is 21.1. The molecule has 3 aromatic rings. The lowest BCUT2D eigenvalue weighted by atomic mass is 10.2. The Morgan fingerprint density at radius 1 is 1.14 bits per heavy atom. The van der Waals surface area contributed by atoms with Gasteiger partial charge in [-0.1, -0.05) is 5.16 Å². The van der Waals surface area contributed by atoms with Gasteiger partial charge >= 0.3 is 0 Å². The number of ether oxygens (including phenoxy) is 1. The first kappa shape index (κ1) is 20.2. The zero-order valence-corrected chi connectivity index (χ0v) is 17.1. The van der Waals surface area contributed by atoms with Crippen LogP contribution in [0.3, 0.4) is 0 Å². The van der Waals surface area contributed by atoms with E-state index < -0.39 is 0 Å². The molecule has 0 unspecified atom stereocenters. The van der Waals surface area contributed by atoms with Crippen molar-refractivity contribution in [1.82, 2.24) is 14.6 Å². The van der Waals surface area contributed by atoms with E-state index in [-0.39, 0.29) is 18.4 Å². The molecule has 0 aliphatic rings. The molecule has 1 aromatic carbocycles. The molecule has 0 bridgehead atoms. The van der Waals surface area contributed by atoms with Crippen molar-refractivity contribution >= 4 is 17.5 Å². The van der Waals surface area contributed by atoms with Gasteiger partial charge in [0.15, 0.2) is 12.4 Å². The number of anilines is 1. The Balaban J connectivity index is 1.70. The highest BCUT2D eigenvalue weighted by atomic mass is 16.5. The molecule has 152 valence electrons. The highest BCUT2D eigenvalue weighted by Gasteiger charge is 2.18. The van der Waals surface area contributed by atoms with E-state index in [1.165, 1.54) is 4.90 Å². The summed E-state index contributed by atoms with van der Waals surface area (Å²) in [4.78, 5) is 25.8. The summed E-state index contributed by atoms with van der Waals surface area (Å²) in [5, 5.41) is 6.91. The van der Waals surface area contributed by atoms with Gasteiger partial charge in [-0.15, -0.1) is 0 Å². The van der Waals surface area contributed by atoms with E-state index >= 15 is 0 Å². The van der Waals surface area contributed by atoms with Crippen LogP contribution in [0.5, 0.6) is 5.75 Å². The van der Waals surface area contributed by atoms with Crippen LogP contribution in [0, 0.1) is 20.8 Å². The van der Waals surface area contributed by atoms with Crippen LogP contribution in [0.25, 0.3) is 5.82 Å². The maximum atomic E-state index is 12.8. The van der Waals surface area contributed by atoms with Crippen LogP contribution >= 0.6 is 0 Å². The van der Waals surface area contributed by atoms with Gasteiger partial charge in [0.05, 0.1) is 5.56 Å². The van der Waals surface area contributed by atoms with E-state index in [9.17, 15) is 9.59 Å². The lowest BCUT2D eigenvalue weighted by Crippen LogP contribution is -2.27. The van der Waals surface area contributed by atoms with Crippen LogP contribution in [0.15, 0.2) is 40.9 Å². The van der Waals surface area contributed by atoms with Crippen molar-refractivity contribution in [3.63, 3.8) is 0 Å². The standard InChI is InChI=1S/C21H24N4O4/c1-13-10-18(15(3)25(13)19-11-14(2)29-23-19)21(27)22-16-6-8-17(9-7-16)28-12-20(26)24(4)5/h6-11H,12H2,1-5H3,(H,22,27). The molecule has 2 amide bonds. The number of hydrogen-bond acceptors (Lipinski definition) is 5. The molecule has 0 saturated carbocycles. The Hall–Kier alpha value is -3.55. The van der Waals surface area contributed by atoms with E-state index in [1.54, 1.807) is 38.4 Å². The van der Waals surface area contributed by atoms with E-state index in [1.807, 2.05) is 37.5 Å². The number of nitrogens with one attached hydrogen (secondary N) is 1. The third-order valence-electron chi connectivity index (χ3n) is 4.49. The number of carbonyl (C=O) groups is 2. The fraction of sp³-hybridized carbons (Fsp3) is 0.286.